The van der Waals surface area contributed by atoms with Gasteiger partial charge in [-0.15, -0.1) is 0 Å². The predicted molar refractivity (Wildman–Crippen MR) is 82.2 cm³/mol. The van der Waals surface area contributed by atoms with Crippen LogP contribution in [-0.4, -0.2) is 12.5 Å². The van der Waals surface area contributed by atoms with Gasteiger partial charge in [0.15, 0.2) is 0 Å². The van der Waals surface area contributed by atoms with Gasteiger partial charge in [-0.1, -0.05) is 37.2 Å². The molecular weight excluding hydrogens is 248 g/mol. The van der Waals surface area contributed by atoms with E-state index in [4.69, 9.17) is 5.73 Å². The Bertz CT molecular complexity index is 507. The summed E-state index contributed by atoms with van der Waals surface area (Å²) in [5.41, 5.74) is 7.05. The second-order valence-electron chi connectivity index (χ2n) is 5.34. The zero-order valence-electron chi connectivity index (χ0n) is 11.8. The Hall–Kier alpha value is -1.79. The van der Waals surface area contributed by atoms with Gasteiger partial charge in [0.25, 0.3) is 0 Å². The molecule has 3 nitrogen and oxygen atoms in total. The molecule has 0 heterocycles. The summed E-state index contributed by atoms with van der Waals surface area (Å²) in [5, 5.41) is 2.97. The van der Waals surface area contributed by atoms with Gasteiger partial charge in [-0.2, -0.15) is 0 Å². The molecule has 0 atom stereocenters. The number of anilines is 1. The lowest BCUT2D eigenvalue weighted by atomic mass is 9.87. The number of rotatable bonds is 3. The van der Waals surface area contributed by atoms with Crippen molar-refractivity contribution in [3.8, 4) is 11.8 Å². The number of nitrogens with one attached hydrogen (secondary N) is 1. The molecule has 2 rings (SSSR count). The second kappa shape index (κ2) is 7.72. The summed E-state index contributed by atoms with van der Waals surface area (Å²) in [7, 11) is 0. The number of hydrogen-bond donors (Lipinski definition) is 2. The summed E-state index contributed by atoms with van der Waals surface area (Å²) in [6.07, 6.45) is 6.87. The predicted octanol–water partition coefficient (Wildman–Crippen LogP) is 2.91. The summed E-state index contributed by atoms with van der Waals surface area (Å²) >= 11 is 0. The summed E-state index contributed by atoms with van der Waals surface area (Å²) in [5.74, 6) is 6.46. The molecule has 106 valence electrons. The average Bonchev–Trinajstić information content (AvgIpc) is 2.46. The first-order valence-corrected chi connectivity index (χ1v) is 7.37. The maximum atomic E-state index is 12.0. The summed E-state index contributed by atoms with van der Waals surface area (Å²) in [6.45, 7) is 0.346. The minimum absolute atomic E-state index is 0.112. The first-order chi connectivity index (χ1) is 9.78. The minimum atomic E-state index is 0.112. The normalized spacial score (nSPS) is 15.2. The highest BCUT2D eigenvalue weighted by Crippen LogP contribution is 2.26. The van der Waals surface area contributed by atoms with Crippen molar-refractivity contribution in [1.29, 1.82) is 0 Å². The van der Waals surface area contributed by atoms with Gasteiger partial charge in [-0.3, -0.25) is 4.79 Å². The number of hydrogen-bond acceptors (Lipinski definition) is 2. The first kappa shape index (κ1) is 14.6. The minimum Gasteiger partial charge on any atom is -0.326 e. The van der Waals surface area contributed by atoms with Crippen LogP contribution >= 0.6 is 0 Å². The van der Waals surface area contributed by atoms with E-state index in [1.165, 1.54) is 32.1 Å². The Labute approximate surface area is 120 Å². The molecule has 1 aromatic carbocycles. The van der Waals surface area contributed by atoms with Gasteiger partial charge in [-0.25, -0.2) is 0 Å². The van der Waals surface area contributed by atoms with E-state index in [-0.39, 0.29) is 5.91 Å². The highest BCUT2D eigenvalue weighted by molar-refractivity contribution is 5.91. The van der Waals surface area contributed by atoms with Crippen LogP contribution in [0.5, 0.6) is 0 Å². The van der Waals surface area contributed by atoms with E-state index in [1.54, 1.807) is 0 Å². The molecule has 3 N–H and O–H groups in total. The molecule has 1 saturated carbocycles. The van der Waals surface area contributed by atoms with Gasteiger partial charge in [0.1, 0.15) is 0 Å². The highest BCUT2D eigenvalue weighted by Gasteiger charge is 2.16. The Kier molecular flexibility index (Phi) is 5.64. The van der Waals surface area contributed by atoms with Crippen LogP contribution in [0.2, 0.25) is 0 Å². The Morgan fingerprint density at radius 2 is 2.10 bits per heavy atom. The van der Waals surface area contributed by atoms with Crippen LogP contribution in [0.3, 0.4) is 0 Å². The fourth-order valence-electron chi connectivity index (χ4n) is 2.69. The molecule has 0 bridgehead atoms. The number of carbonyl (C=O) groups is 1. The van der Waals surface area contributed by atoms with Crippen LogP contribution in [0.15, 0.2) is 24.3 Å². The van der Waals surface area contributed by atoms with E-state index in [0.717, 1.165) is 11.3 Å². The SMILES string of the molecule is NCC#Cc1cccc(NC(=O)CC2CCCCC2)c1. The van der Waals surface area contributed by atoms with E-state index >= 15 is 0 Å². The van der Waals surface area contributed by atoms with Crippen molar-refractivity contribution in [3.63, 3.8) is 0 Å². The van der Waals surface area contributed by atoms with Gasteiger partial charge in [0.2, 0.25) is 5.91 Å². The summed E-state index contributed by atoms with van der Waals surface area (Å²) in [4.78, 5) is 12.0. The van der Waals surface area contributed by atoms with Gasteiger partial charge in [-0.05, 0) is 37.0 Å². The summed E-state index contributed by atoms with van der Waals surface area (Å²) in [6, 6.07) is 7.60. The van der Waals surface area contributed by atoms with Crippen LogP contribution in [0.1, 0.15) is 44.1 Å². The van der Waals surface area contributed by atoms with Crippen LogP contribution in [-0.2, 0) is 4.79 Å². The molecule has 1 aliphatic rings. The molecule has 20 heavy (non-hydrogen) atoms. The zero-order valence-corrected chi connectivity index (χ0v) is 11.8. The van der Waals surface area contributed by atoms with Crippen molar-refractivity contribution >= 4 is 11.6 Å². The molecule has 1 fully saturated rings. The smallest absolute Gasteiger partial charge is 0.224 e. The lowest BCUT2D eigenvalue weighted by Gasteiger charge is -2.20. The fourth-order valence-corrected chi connectivity index (χ4v) is 2.69. The fraction of sp³-hybridized carbons (Fsp3) is 0.471. The van der Waals surface area contributed by atoms with Crippen LogP contribution in [0, 0.1) is 17.8 Å². The zero-order chi connectivity index (χ0) is 14.2. The van der Waals surface area contributed by atoms with Crippen LogP contribution < -0.4 is 11.1 Å². The van der Waals surface area contributed by atoms with Crippen molar-refractivity contribution in [3.05, 3.63) is 29.8 Å². The largest absolute Gasteiger partial charge is 0.326 e. The van der Waals surface area contributed by atoms with E-state index in [9.17, 15) is 4.79 Å². The van der Waals surface area contributed by atoms with Gasteiger partial charge in [0, 0.05) is 17.7 Å². The molecule has 0 aliphatic heterocycles. The Morgan fingerprint density at radius 3 is 2.85 bits per heavy atom. The van der Waals surface area contributed by atoms with E-state index in [0.29, 0.717) is 18.9 Å². The average molecular weight is 270 g/mol. The van der Waals surface area contributed by atoms with Crippen LogP contribution in [0.25, 0.3) is 0 Å². The molecule has 0 aromatic heterocycles. The molecule has 1 aliphatic carbocycles. The monoisotopic (exact) mass is 270 g/mol. The third-order valence-electron chi connectivity index (χ3n) is 3.68. The molecule has 0 unspecified atom stereocenters. The first-order valence-electron chi connectivity index (χ1n) is 7.37. The standard InChI is InChI=1S/C17H22N2O/c18-11-5-9-14-8-4-10-16(12-14)19-17(20)13-15-6-2-1-3-7-15/h4,8,10,12,15H,1-3,6-7,11,13,18H2,(H,19,20). The molecule has 0 radical (unpaired) electrons. The quantitative estimate of drug-likeness (QED) is 0.830. The topological polar surface area (TPSA) is 55.1 Å². The van der Waals surface area contributed by atoms with E-state index in [1.807, 2.05) is 24.3 Å². The number of benzene rings is 1. The number of amides is 1. The maximum absolute atomic E-state index is 12.0. The van der Waals surface area contributed by atoms with Crippen molar-refractivity contribution in [2.75, 3.05) is 11.9 Å². The molecule has 1 aromatic rings. The Morgan fingerprint density at radius 1 is 1.30 bits per heavy atom. The van der Waals surface area contributed by atoms with Crippen molar-refractivity contribution in [2.24, 2.45) is 11.7 Å². The lowest BCUT2D eigenvalue weighted by Crippen LogP contribution is -2.18. The highest BCUT2D eigenvalue weighted by atomic mass is 16.1. The van der Waals surface area contributed by atoms with Crippen molar-refractivity contribution < 1.29 is 4.79 Å². The molecule has 0 spiro atoms. The van der Waals surface area contributed by atoms with Gasteiger partial charge in [0.05, 0.1) is 6.54 Å². The van der Waals surface area contributed by atoms with Gasteiger partial charge >= 0.3 is 0 Å². The molecule has 0 saturated heterocycles. The lowest BCUT2D eigenvalue weighted by molar-refractivity contribution is -0.117. The third-order valence-corrected chi connectivity index (χ3v) is 3.68. The van der Waals surface area contributed by atoms with E-state index < -0.39 is 0 Å². The van der Waals surface area contributed by atoms with E-state index in [2.05, 4.69) is 17.2 Å². The number of nitrogens with two attached hydrogens (primary N) is 1. The van der Waals surface area contributed by atoms with Gasteiger partial charge < -0.3 is 11.1 Å². The molecule has 3 heteroatoms. The van der Waals surface area contributed by atoms with Crippen molar-refractivity contribution in [2.45, 2.75) is 38.5 Å². The third kappa shape index (κ3) is 4.71. The molecular formula is C17H22N2O. The molecule has 1 amide bonds. The maximum Gasteiger partial charge on any atom is 0.224 e. The van der Waals surface area contributed by atoms with Crippen molar-refractivity contribution in [1.82, 2.24) is 0 Å². The second-order valence-corrected chi connectivity index (χ2v) is 5.34. The van der Waals surface area contributed by atoms with Crippen LogP contribution in [0.4, 0.5) is 5.69 Å². The summed E-state index contributed by atoms with van der Waals surface area (Å²) < 4.78 is 0. The number of carbonyl (C=O) groups excluding carboxylic acids is 1. The Balaban J connectivity index is 1.90.